The van der Waals surface area contributed by atoms with Gasteiger partial charge in [-0.05, 0) is 31.9 Å². The number of amides is 1. The Bertz CT molecular complexity index is 621. The first-order chi connectivity index (χ1) is 10.2. The number of piperidine rings is 1. The van der Waals surface area contributed by atoms with Gasteiger partial charge in [0.25, 0.3) is 5.91 Å². The number of carbonyl (C=O) groups excluding carboxylic acids is 1. The topological polar surface area (TPSA) is 59.0 Å². The predicted octanol–water partition coefficient (Wildman–Crippen LogP) is 2.20. The lowest BCUT2D eigenvalue weighted by Crippen LogP contribution is -2.38. The van der Waals surface area contributed by atoms with Crippen LogP contribution in [0.4, 0.5) is 0 Å². The molecule has 0 saturated carbocycles. The maximum atomic E-state index is 12.4. The van der Waals surface area contributed by atoms with Gasteiger partial charge in [-0.25, -0.2) is 0 Å². The number of rotatable bonds is 2. The summed E-state index contributed by atoms with van der Waals surface area (Å²) >= 11 is 0. The van der Waals surface area contributed by atoms with E-state index in [2.05, 4.69) is 15.0 Å². The second kappa shape index (κ2) is 5.99. The van der Waals surface area contributed by atoms with E-state index in [-0.39, 0.29) is 5.91 Å². The summed E-state index contributed by atoms with van der Waals surface area (Å²) in [6.45, 7) is 3.49. The fourth-order valence-corrected chi connectivity index (χ4v) is 2.73. The standard InChI is InChI=1S/C16H18N4O/c1-12-10-18-11-15(19-12)13-4-8-20(9-5-13)16(21)14-2-6-17-7-3-14/h2-3,6-7,10-11,13H,4-5,8-9H2,1H3. The van der Waals surface area contributed by atoms with Crippen LogP contribution in [0.1, 0.15) is 40.5 Å². The fraction of sp³-hybridized carbons (Fsp3) is 0.375. The van der Waals surface area contributed by atoms with Crippen LogP contribution >= 0.6 is 0 Å². The summed E-state index contributed by atoms with van der Waals surface area (Å²) in [6.07, 6.45) is 8.80. The van der Waals surface area contributed by atoms with Crippen molar-refractivity contribution in [3.63, 3.8) is 0 Å². The lowest BCUT2D eigenvalue weighted by atomic mass is 9.93. The Hall–Kier alpha value is -2.30. The molecule has 1 amide bonds. The van der Waals surface area contributed by atoms with E-state index in [4.69, 9.17) is 0 Å². The summed E-state index contributed by atoms with van der Waals surface area (Å²) in [7, 11) is 0. The van der Waals surface area contributed by atoms with E-state index in [0.717, 1.165) is 37.3 Å². The Morgan fingerprint density at radius 3 is 2.52 bits per heavy atom. The first-order valence-electron chi connectivity index (χ1n) is 7.22. The molecule has 0 radical (unpaired) electrons. The molecule has 0 unspecified atom stereocenters. The van der Waals surface area contributed by atoms with Crippen LogP contribution in [0.25, 0.3) is 0 Å². The average molecular weight is 282 g/mol. The lowest BCUT2D eigenvalue weighted by Gasteiger charge is -2.31. The van der Waals surface area contributed by atoms with Crippen LogP contribution in [0, 0.1) is 6.92 Å². The Labute approximate surface area is 124 Å². The summed E-state index contributed by atoms with van der Waals surface area (Å²) in [5, 5.41) is 0. The van der Waals surface area contributed by atoms with Gasteiger partial charge in [0.1, 0.15) is 0 Å². The molecule has 0 aliphatic carbocycles. The van der Waals surface area contributed by atoms with Crippen molar-refractivity contribution in [1.82, 2.24) is 19.9 Å². The Kier molecular flexibility index (Phi) is 3.90. The molecule has 0 aromatic carbocycles. The van der Waals surface area contributed by atoms with E-state index in [1.165, 1.54) is 0 Å². The van der Waals surface area contributed by atoms with Gasteiger partial charge in [-0.2, -0.15) is 0 Å². The SMILES string of the molecule is Cc1cncc(C2CCN(C(=O)c3ccncc3)CC2)n1. The van der Waals surface area contributed by atoms with Crippen molar-refractivity contribution >= 4 is 5.91 Å². The predicted molar refractivity (Wildman–Crippen MR) is 78.9 cm³/mol. The van der Waals surface area contributed by atoms with E-state index < -0.39 is 0 Å². The lowest BCUT2D eigenvalue weighted by molar-refractivity contribution is 0.0712. The first kappa shape index (κ1) is 13.7. The van der Waals surface area contributed by atoms with Gasteiger partial charge >= 0.3 is 0 Å². The maximum Gasteiger partial charge on any atom is 0.253 e. The third-order valence-electron chi connectivity index (χ3n) is 3.90. The number of carbonyl (C=O) groups is 1. The second-order valence-electron chi connectivity index (χ2n) is 5.39. The van der Waals surface area contributed by atoms with Crippen molar-refractivity contribution in [2.24, 2.45) is 0 Å². The third kappa shape index (κ3) is 3.07. The molecule has 0 spiro atoms. The van der Waals surface area contributed by atoms with Crippen molar-refractivity contribution in [2.75, 3.05) is 13.1 Å². The van der Waals surface area contributed by atoms with Crippen LogP contribution in [0.3, 0.4) is 0 Å². The zero-order valence-corrected chi connectivity index (χ0v) is 12.1. The van der Waals surface area contributed by atoms with Crippen molar-refractivity contribution < 1.29 is 4.79 Å². The molecule has 5 nitrogen and oxygen atoms in total. The van der Waals surface area contributed by atoms with E-state index in [0.29, 0.717) is 11.5 Å². The van der Waals surface area contributed by atoms with Crippen LogP contribution in [0.15, 0.2) is 36.9 Å². The number of pyridine rings is 1. The van der Waals surface area contributed by atoms with Gasteiger partial charge in [-0.3, -0.25) is 19.7 Å². The van der Waals surface area contributed by atoms with E-state index >= 15 is 0 Å². The van der Waals surface area contributed by atoms with Gasteiger partial charge in [0.05, 0.1) is 11.4 Å². The summed E-state index contributed by atoms with van der Waals surface area (Å²) in [6, 6.07) is 3.53. The molecule has 0 bridgehead atoms. The van der Waals surface area contributed by atoms with Crippen molar-refractivity contribution in [1.29, 1.82) is 0 Å². The Morgan fingerprint density at radius 2 is 1.86 bits per heavy atom. The molecule has 5 heteroatoms. The van der Waals surface area contributed by atoms with Crippen LogP contribution in [-0.2, 0) is 0 Å². The van der Waals surface area contributed by atoms with Gasteiger partial charge in [0, 0.05) is 49.4 Å². The molecule has 2 aromatic rings. The van der Waals surface area contributed by atoms with Crippen molar-refractivity contribution in [3.8, 4) is 0 Å². The smallest absolute Gasteiger partial charge is 0.253 e. The Morgan fingerprint density at radius 1 is 1.14 bits per heavy atom. The highest BCUT2D eigenvalue weighted by atomic mass is 16.2. The second-order valence-corrected chi connectivity index (χ2v) is 5.39. The van der Waals surface area contributed by atoms with Gasteiger partial charge in [-0.1, -0.05) is 0 Å². The normalized spacial score (nSPS) is 16.0. The van der Waals surface area contributed by atoms with Gasteiger partial charge in [-0.15, -0.1) is 0 Å². The highest BCUT2D eigenvalue weighted by molar-refractivity contribution is 5.94. The monoisotopic (exact) mass is 282 g/mol. The maximum absolute atomic E-state index is 12.4. The van der Waals surface area contributed by atoms with Crippen LogP contribution in [0.5, 0.6) is 0 Å². The van der Waals surface area contributed by atoms with Crippen LogP contribution in [-0.4, -0.2) is 38.8 Å². The summed E-state index contributed by atoms with van der Waals surface area (Å²) in [5.41, 5.74) is 2.70. The molecule has 2 aromatic heterocycles. The highest BCUT2D eigenvalue weighted by Gasteiger charge is 2.25. The zero-order valence-electron chi connectivity index (χ0n) is 12.1. The van der Waals surface area contributed by atoms with E-state index in [1.807, 2.05) is 18.0 Å². The molecule has 1 saturated heterocycles. The zero-order chi connectivity index (χ0) is 14.7. The average Bonchev–Trinajstić information content (AvgIpc) is 2.55. The van der Waals surface area contributed by atoms with E-state index in [9.17, 15) is 4.79 Å². The molecular weight excluding hydrogens is 264 g/mol. The number of nitrogens with zero attached hydrogens (tertiary/aromatic N) is 4. The number of hydrogen-bond acceptors (Lipinski definition) is 4. The van der Waals surface area contributed by atoms with Gasteiger partial charge in [0.2, 0.25) is 0 Å². The first-order valence-corrected chi connectivity index (χ1v) is 7.22. The summed E-state index contributed by atoms with van der Waals surface area (Å²) in [5.74, 6) is 0.491. The van der Waals surface area contributed by atoms with Gasteiger partial charge < -0.3 is 4.90 Å². The molecule has 1 aliphatic heterocycles. The number of likely N-dealkylation sites (tertiary alicyclic amines) is 1. The molecule has 1 fully saturated rings. The van der Waals surface area contributed by atoms with Crippen LogP contribution < -0.4 is 0 Å². The molecule has 0 atom stereocenters. The number of aryl methyl sites for hydroxylation is 1. The molecule has 1 aliphatic rings. The molecule has 21 heavy (non-hydrogen) atoms. The fourth-order valence-electron chi connectivity index (χ4n) is 2.73. The van der Waals surface area contributed by atoms with Crippen LogP contribution in [0.2, 0.25) is 0 Å². The molecule has 3 heterocycles. The molecule has 108 valence electrons. The number of hydrogen-bond donors (Lipinski definition) is 0. The summed E-state index contributed by atoms with van der Waals surface area (Å²) in [4.78, 5) is 27.0. The molecule has 3 rings (SSSR count). The third-order valence-corrected chi connectivity index (χ3v) is 3.90. The van der Waals surface area contributed by atoms with Crippen molar-refractivity contribution in [2.45, 2.75) is 25.7 Å². The quantitative estimate of drug-likeness (QED) is 0.847. The number of aromatic nitrogens is 3. The minimum Gasteiger partial charge on any atom is -0.339 e. The minimum absolute atomic E-state index is 0.0891. The molecule has 0 N–H and O–H groups in total. The highest BCUT2D eigenvalue weighted by Crippen LogP contribution is 2.27. The van der Waals surface area contributed by atoms with Gasteiger partial charge in [0.15, 0.2) is 0 Å². The summed E-state index contributed by atoms with van der Waals surface area (Å²) < 4.78 is 0. The van der Waals surface area contributed by atoms with E-state index in [1.54, 1.807) is 30.7 Å². The largest absolute Gasteiger partial charge is 0.339 e. The Balaban J connectivity index is 1.64. The minimum atomic E-state index is 0.0891. The molecular formula is C16H18N4O. The van der Waals surface area contributed by atoms with Crippen molar-refractivity contribution in [3.05, 3.63) is 53.9 Å².